The molecule has 11 heteroatoms. The topological polar surface area (TPSA) is 102 Å². The number of nitrogens with zero attached hydrogens (tertiary/aromatic N) is 1. The molecule has 2 aromatic rings. The first kappa shape index (κ1) is 25.6. The van der Waals surface area contributed by atoms with Gasteiger partial charge in [-0.25, -0.2) is 4.21 Å². The number of aliphatic imine (C=N–C) groups is 1. The van der Waals surface area contributed by atoms with Gasteiger partial charge in [-0.3, -0.25) is 9.79 Å². The number of alkyl halides is 3. The van der Waals surface area contributed by atoms with Crippen molar-refractivity contribution >= 4 is 39.5 Å². The van der Waals surface area contributed by atoms with Gasteiger partial charge in [0.1, 0.15) is 11.5 Å². The van der Waals surface area contributed by atoms with Crippen LogP contribution in [-0.4, -0.2) is 40.8 Å². The summed E-state index contributed by atoms with van der Waals surface area (Å²) >= 11 is 0.981. The molecule has 0 spiro atoms. The van der Waals surface area contributed by atoms with E-state index < -0.39 is 28.7 Å². The standard InChI is InChI=1S/C21H23F3N2O4S2/c1-3-4-7-30-14-8-13(10-19(27)28)9-15(11-14)32(29)20-6-5-17(31-20)16(25)12-18(26-2)21(22,23)24/h5-6,8-9,11-12H,3-4,7,10,25H2,1-2H3,(H,27,28). The predicted molar refractivity (Wildman–Crippen MR) is 119 cm³/mol. The highest BCUT2D eigenvalue weighted by Crippen LogP contribution is 2.30. The van der Waals surface area contributed by atoms with Gasteiger partial charge < -0.3 is 15.6 Å². The summed E-state index contributed by atoms with van der Waals surface area (Å²) in [6, 6.07) is 7.66. The highest BCUT2D eigenvalue weighted by molar-refractivity contribution is 7.87. The minimum atomic E-state index is -4.64. The summed E-state index contributed by atoms with van der Waals surface area (Å²) in [5, 5.41) is 9.11. The number of rotatable bonds is 10. The predicted octanol–water partition coefficient (Wildman–Crippen LogP) is 4.65. The zero-order valence-electron chi connectivity index (χ0n) is 17.4. The number of thiophene rings is 1. The summed E-state index contributed by atoms with van der Waals surface area (Å²) in [5.74, 6) is -0.632. The second kappa shape index (κ2) is 11.3. The number of allylic oxidation sites excluding steroid dienone is 1. The molecule has 174 valence electrons. The molecule has 1 heterocycles. The van der Waals surface area contributed by atoms with Crippen LogP contribution in [0.1, 0.15) is 30.2 Å². The molecule has 2 rings (SSSR count). The number of carbonyl (C=O) groups is 1. The fourth-order valence-corrected chi connectivity index (χ4v) is 5.05. The Morgan fingerprint density at radius 3 is 2.62 bits per heavy atom. The number of unbranched alkanes of at least 4 members (excludes halogenated alkanes) is 1. The second-order valence-corrected chi connectivity index (χ2v) is 9.47. The molecular weight excluding hydrogens is 465 g/mol. The quantitative estimate of drug-likeness (QED) is 0.374. The number of ether oxygens (including phenoxy) is 1. The molecule has 0 aliphatic heterocycles. The van der Waals surface area contributed by atoms with Gasteiger partial charge in [0.15, 0.2) is 0 Å². The van der Waals surface area contributed by atoms with E-state index in [2.05, 4.69) is 4.99 Å². The Hall–Kier alpha value is -2.66. The first-order valence-corrected chi connectivity index (χ1v) is 11.5. The molecule has 6 nitrogen and oxygen atoms in total. The van der Waals surface area contributed by atoms with Crippen molar-refractivity contribution in [1.29, 1.82) is 0 Å². The highest BCUT2D eigenvalue weighted by atomic mass is 32.2. The minimum absolute atomic E-state index is 0.153. The van der Waals surface area contributed by atoms with Crippen molar-refractivity contribution in [2.75, 3.05) is 13.7 Å². The van der Waals surface area contributed by atoms with Crippen LogP contribution in [0.2, 0.25) is 0 Å². The fourth-order valence-electron chi connectivity index (χ4n) is 2.61. The van der Waals surface area contributed by atoms with E-state index in [4.69, 9.17) is 15.6 Å². The van der Waals surface area contributed by atoms with Gasteiger partial charge in [0.2, 0.25) is 0 Å². The van der Waals surface area contributed by atoms with Crippen molar-refractivity contribution < 1.29 is 32.0 Å². The smallest absolute Gasteiger partial charge is 0.432 e. The number of carboxylic acid groups (broad SMARTS) is 1. The SMILES string of the molecule is CCCCOc1cc(CC(=O)O)cc(S(=O)c2ccc(C(N)=CC(=NC)C(F)(F)F)s2)c1. The lowest BCUT2D eigenvalue weighted by Crippen LogP contribution is -2.21. The van der Waals surface area contributed by atoms with E-state index >= 15 is 0 Å². The largest absolute Gasteiger partial charge is 0.494 e. The maximum absolute atomic E-state index is 13.1. The van der Waals surface area contributed by atoms with E-state index in [-0.39, 0.29) is 12.1 Å². The Bertz CT molecular complexity index is 1050. The summed E-state index contributed by atoms with van der Waals surface area (Å²) in [4.78, 5) is 15.0. The summed E-state index contributed by atoms with van der Waals surface area (Å²) in [5.41, 5.74) is 4.95. The summed E-state index contributed by atoms with van der Waals surface area (Å²) in [6.45, 7) is 2.44. The van der Waals surface area contributed by atoms with E-state index in [1.54, 1.807) is 12.1 Å². The van der Waals surface area contributed by atoms with Crippen molar-refractivity contribution in [3.63, 3.8) is 0 Å². The van der Waals surface area contributed by atoms with Crippen molar-refractivity contribution in [2.24, 2.45) is 10.7 Å². The van der Waals surface area contributed by atoms with Gasteiger partial charge in [0.05, 0.1) is 38.6 Å². The van der Waals surface area contributed by atoms with Gasteiger partial charge in [-0.05, 0) is 48.4 Å². The van der Waals surface area contributed by atoms with Crippen LogP contribution in [0.5, 0.6) is 5.75 Å². The molecule has 1 aromatic heterocycles. The molecule has 32 heavy (non-hydrogen) atoms. The second-order valence-electron chi connectivity index (χ2n) is 6.68. The zero-order valence-corrected chi connectivity index (χ0v) is 19.1. The van der Waals surface area contributed by atoms with Gasteiger partial charge >= 0.3 is 12.1 Å². The van der Waals surface area contributed by atoms with Crippen molar-refractivity contribution in [1.82, 2.24) is 0 Å². The number of hydrogen-bond donors (Lipinski definition) is 2. The normalized spacial score (nSPS) is 13.8. The monoisotopic (exact) mass is 488 g/mol. The molecule has 1 aromatic carbocycles. The Morgan fingerprint density at radius 2 is 2.03 bits per heavy atom. The number of benzene rings is 1. The first-order valence-electron chi connectivity index (χ1n) is 9.56. The van der Waals surface area contributed by atoms with E-state index in [1.807, 2.05) is 6.92 Å². The van der Waals surface area contributed by atoms with Crippen molar-refractivity contribution in [3.05, 3.63) is 46.8 Å². The van der Waals surface area contributed by atoms with Gasteiger partial charge in [-0.1, -0.05) is 13.3 Å². The Balaban J connectivity index is 2.34. The molecule has 0 amide bonds. The number of carboxylic acids is 1. The lowest BCUT2D eigenvalue weighted by atomic mass is 10.1. The number of hydrogen-bond acceptors (Lipinski definition) is 6. The molecule has 1 atom stereocenters. The third-order valence-corrected chi connectivity index (χ3v) is 6.95. The molecule has 0 aliphatic carbocycles. The molecule has 3 N–H and O–H groups in total. The van der Waals surface area contributed by atoms with Crippen LogP contribution in [0, 0.1) is 0 Å². The maximum atomic E-state index is 13.1. The van der Waals surface area contributed by atoms with Crippen LogP contribution in [-0.2, 0) is 22.0 Å². The number of aliphatic carboxylic acids is 1. The average Bonchev–Trinajstić information content (AvgIpc) is 3.20. The first-order chi connectivity index (χ1) is 15.0. The molecular formula is C21H23F3N2O4S2. The van der Waals surface area contributed by atoms with Gasteiger partial charge in [0.25, 0.3) is 0 Å². The fraction of sp³-hybridized carbons (Fsp3) is 0.333. The minimum Gasteiger partial charge on any atom is -0.494 e. The van der Waals surface area contributed by atoms with E-state index in [1.165, 1.54) is 18.2 Å². The summed E-state index contributed by atoms with van der Waals surface area (Å²) in [6.07, 6.45) is -2.45. The molecule has 0 aliphatic rings. The van der Waals surface area contributed by atoms with Gasteiger partial charge in [-0.15, -0.1) is 11.3 Å². The summed E-state index contributed by atoms with van der Waals surface area (Å²) < 4.78 is 57.8. The Labute approximate surface area is 190 Å². The van der Waals surface area contributed by atoms with Crippen LogP contribution < -0.4 is 10.5 Å². The lowest BCUT2D eigenvalue weighted by Gasteiger charge is -2.10. The Kier molecular flexibility index (Phi) is 9.02. The van der Waals surface area contributed by atoms with Crippen LogP contribution in [0.4, 0.5) is 13.2 Å². The van der Waals surface area contributed by atoms with Crippen molar-refractivity contribution in [2.45, 2.75) is 41.5 Å². The van der Waals surface area contributed by atoms with Crippen LogP contribution in [0.25, 0.3) is 5.70 Å². The lowest BCUT2D eigenvalue weighted by molar-refractivity contribution is -0.136. The number of halogens is 3. The summed E-state index contributed by atoms with van der Waals surface area (Å²) in [7, 11) is -0.687. The van der Waals surface area contributed by atoms with Gasteiger partial charge in [0, 0.05) is 11.9 Å². The molecule has 0 bridgehead atoms. The molecule has 0 fully saturated rings. The van der Waals surface area contributed by atoms with E-state index in [9.17, 15) is 22.2 Å². The van der Waals surface area contributed by atoms with Gasteiger partial charge in [-0.2, -0.15) is 13.2 Å². The average molecular weight is 489 g/mol. The van der Waals surface area contributed by atoms with E-state index in [0.717, 1.165) is 37.3 Å². The Morgan fingerprint density at radius 1 is 1.31 bits per heavy atom. The molecule has 0 radical (unpaired) electrons. The third-order valence-electron chi connectivity index (χ3n) is 4.15. The number of nitrogens with two attached hydrogens (primary N) is 1. The molecule has 1 unspecified atom stereocenters. The molecule has 0 saturated carbocycles. The van der Waals surface area contributed by atoms with Crippen LogP contribution >= 0.6 is 11.3 Å². The third kappa shape index (κ3) is 7.20. The van der Waals surface area contributed by atoms with Crippen LogP contribution in [0.3, 0.4) is 0 Å². The highest BCUT2D eigenvalue weighted by Gasteiger charge is 2.33. The van der Waals surface area contributed by atoms with Crippen molar-refractivity contribution in [3.8, 4) is 5.75 Å². The maximum Gasteiger partial charge on any atom is 0.432 e. The molecule has 0 saturated heterocycles. The zero-order chi connectivity index (χ0) is 23.9. The van der Waals surface area contributed by atoms with E-state index in [0.29, 0.717) is 31.9 Å². The van der Waals surface area contributed by atoms with Crippen LogP contribution in [0.15, 0.2) is 50.5 Å².